The van der Waals surface area contributed by atoms with Crippen molar-refractivity contribution in [2.24, 2.45) is 0 Å². The molecule has 0 saturated heterocycles. The van der Waals surface area contributed by atoms with Crippen LogP contribution in [-0.2, 0) is 10.0 Å². The average molecular weight is 403 g/mol. The lowest BCUT2D eigenvalue weighted by Gasteiger charge is -2.19. The summed E-state index contributed by atoms with van der Waals surface area (Å²) in [4.78, 5) is 25.0. The van der Waals surface area contributed by atoms with Crippen molar-refractivity contribution in [1.82, 2.24) is 4.90 Å². The molecular weight excluding hydrogens is 380 g/mol. The van der Waals surface area contributed by atoms with Crippen LogP contribution in [0.15, 0.2) is 41.3 Å². The van der Waals surface area contributed by atoms with E-state index >= 15 is 0 Å². The number of carbonyl (C=O) groups excluding carboxylic acids is 2. The number of rotatable bonds is 7. The van der Waals surface area contributed by atoms with E-state index in [9.17, 15) is 23.1 Å². The lowest BCUT2D eigenvalue weighted by molar-refractivity contribution is -0.255. The van der Waals surface area contributed by atoms with Gasteiger partial charge in [0.25, 0.3) is 15.9 Å². The Bertz CT molecular complexity index is 994. The summed E-state index contributed by atoms with van der Waals surface area (Å²) in [6.45, 7) is 8.17. The molecule has 0 radical (unpaired) electrons. The summed E-state index contributed by atoms with van der Waals surface area (Å²) in [6, 6.07) is 8.55. The second-order valence-corrected chi connectivity index (χ2v) is 8.01. The van der Waals surface area contributed by atoms with Gasteiger partial charge in [-0.3, -0.25) is 9.52 Å². The molecule has 0 aromatic heterocycles. The zero-order chi connectivity index (χ0) is 21.1. The summed E-state index contributed by atoms with van der Waals surface area (Å²) in [5, 5.41) is 11.1. The third kappa shape index (κ3) is 4.51. The molecule has 0 atom stereocenters. The normalized spacial score (nSPS) is 11.1. The van der Waals surface area contributed by atoms with Gasteiger partial charge in [-0.05, 0) is 80.8 Å². The second-order valence-electron chi connectivity index (χ2n) is 6.36. The molecule has 0 heterocycles. The number of aryl methyl sites for hydroxylation is 1. The van der Waals surface area contributed by atoms with E-state index in [1.165, 1.54) is 18.2 Å². The quantitative estimate of drug-likeness (QED) is 0.760. The number of carbonyl (C=O) groups is 2. The van der Waals surface area contributed by atoms with Crippen molar-refractivity contribution in [3.05, 3.63) is 58.7 Å². The predicted molar refractivity (Wildman–Crippen MR) is 105 cm³/mol. The first kappa shape index (κ1) is 21.4. The minimum Gasteiger partial charge on any atom is -0.545 e. The van der Waals surface area contributed by atoms with Gasteiger partial charge in [0, 0.05) is 24.3 Å². The molecule has 7 nitrogen and oxygen atoms in total. The van der Waals surface area contributed by atoms with E-state index in [4.69, 9.17) is 0 Å². The van der Waals surface area contributed by atoms with Gasteiger partial charge in [0.2, 0.25) is 0 Å². The predicted octanol–water partition coefficient (Wildman–Crippen LogP) is 1.95. The maximum absolute atomic E-state index is 12.8. The molecule has 0 unspecified atom stereocenters. The van der Waals surface area contributed by atoms with Gasteiger partial charge in [-0.2, -0.15) is 0 Å². The highest BCUT2D eigenvalue weighted by Crippen LogP contribution is 2.24. The minimum absolute atomic E-state index is 0.130. The monoisotopic (exact) mass is 403 g/mol. The number of amides is 1. The highest BCUT2D eigenvalue weighted by atomic mass is 32.2. The minimum atomic E-state index is -4.02. The van der Waals surface area contributed by atoms with Crippen LogP contribution in [0.1, 0.15) is 45.7 Å². The highest BCUT2D eigenvalue weighted by Gasteiger charge is 2.20. The molecule has 0 bridgehead atoms. The molecule has 0 fully saturated rings. The maximum atomic E-state index is 12.8. The third-order valence-electron chi connectivity index (χ3n) is 4.58. The van der Waals surface area contributed by atoms with Crippen molar-refractivity contribution in [3.63, 3.8) is 0 Å². The van der Waals surface area contributed by atoms with Crippen LogP contribution >= 0.6 is 0 Å². The molecule has 8 heteroatoms. The fraction of sp³-hybridized carbons (Fsp3) is 0.300. The van der Waals surface area contributed by atoms with Gasteiger partial charge >= 0.3 is 0 Å². The first-order chi connectivity index (χ1) is 13.1. The molecule has 1 N–H and O–H groups in total. The van der Waals surface area contributed by atoms with Gasteiger partial charge in [-0.1, -0.05) is 0 Å². The van der Waals surface area contributed by atoms with Crippen LogP contribution in [0.3, 0.4) is 0 Å². The molecule has 0 saturated carbocycles. The summed E-state index contributed by atoms with van der Waals surface area (Å²) in [6.07, 6.45) is 0. The SMILES string of the molecule is CCN(CC)C(=O)c1ccc(NS(=O)(=O)c2cc(C(=O)[O-])cc(C)c2C)cc1. The van der Waals surface area contributed by atoms with Crippen LogP contribution in [0.25, 0.3) is 0 Å². The van der Waals surface area contributed by atoms with Crippen molar-refractivity contribution < 1.29 is 23.1 Å². The van der Waals surface area contributed by atoms with Crippen LogP contribution in [0.4, 0.5) is 5.69 Å². The van der Waals surface area contributed by atoms with Gasteiger partial charge in [0.05, 0.1) is 10.9 Å². The van der Waals surface area contributed by atoms with Crippen molar-refractivity contribution >= 4 is 27.6 Å². The number of nitrogens with one attached hydrogen (secondary N) is 1. The van der Waals surface area contributed by atoms with E-state index < -0.39 is 16.0 Å². The number of carboxylic acids is 1. The molecule has 0 aliphatic rings. The first-order valence-electron chi connectivity index (χ1n) is 8.85. The van der Waals surface area contributed by atoms with E-state index in [1.54, 1.807) is 30.9 Å². The van der Waals surface area contributed by atoms with Gasteiger partial charge in [-0.25, -0.2) is 8.42 Å². The van der Waals surface area contributed by atoms with Gasteiger partial charge < -0.3 is 14.8 Å². The lowest BCUT2D eigenvalue weighted by atomic mass is 10.1. The Kier molecular flexibility index (Phi) is 6.45. The Hall–Kier alpha value is -2.87. The summed E-state index contributed by atoms with van der Waals surface area (Å²) in [5.74, 6) is -1.58. The lowest BCUT2D eigenvalue weighted by Crippen LogP contribution is -2.30. The fourth-order valence-electron chi connectivity index (χ4n) is 2.81. The number of sulfonamides is 1. The number of benzene rings is 2. The van der Waals surface area contributed by atoms with Crippen LogP contribution in [-0.4, -0.2) is 38.3 Å². The number of anilines is 1. The average Bonchev–Trinajstić information content (AvgIpc) is 2.64. The summed E-state index contributed by atoms with van der Waals surface area (Å²) in [5.41, 5.74) is 1.50. The van der Waals surface area contributed by atoms with E-state index in [0.717, 1.165) is 6.07 Å². The van der Waals surface area contributed by atoms with Crippen molar-refractivity contribution in [1.29, 1.82) is 0 Å². The van der Waals surface area contributed by atoms with Gasteiger partial charge in [0.1, 0.15) is 0 Å². The Morgan fingerprint density at radius 2 is 1.57 bits per heavy atom. The van der Waals surface area contributed by atoms with Crippen molar-refractivity contribution in [3.8, 4) is 0 Å². The fourth-order valence-corrected chi connectivity index (χ4v) is 4.21. The van der Waals surface area contributed by atoms with Crippen LogP contribution in [0, 0.1) is 13.8 Å². The van der Waals surface area contributed by atoms with Crippen LogP contribution in [0.2, 0.25) is 0 Å². The molecule has 0 spiro atoms. The van der Waals surface area contributed by atoms with Crippen molar-refractivity contribution in [2.75, 3.05) is 17.8 Å². The molecule has 2 aromatic carbocycles. The van der Waals surface area contributed by atoms with Crippen LogP contribution in [0.5, 0.6) is 0 Å². The number of hydrogen-bond acceptors (Lipinski definition) is 5. The Labute approximate surface area is 165 Å². The smallest absolute Gasteiger partial charge is 0.262 e. The zero-order valence-electron chi connectivity index (χ0n) is 16.3. The third-order valence-corrected chi connectivity index (χ3v) is 6.09. The molecule has 2 rings (SSSR count). The zero-order valence-corrected chi connectivity index (χ0v) is 17.1. The van der Waals surface area contributed by atoms with E-state index in [2.05, 4.69) is 4.72 Å². The standard InChI is InChI=1S/C20H24N2O5S/c1-5-22(6-2)19(23)15-7-9-17(10-8-15)21-28(26,27)18-12-16(20(24)25)11-13(3)14(18)4/h7-12,21H,5-6H2,1-4H3,(H,24,25)/p-1. The first-order valence-corrected chi connectivity index (χ1v) is 10.3. The van der Waals surface area contributed by atoms with Gasteiger partial charge in [-0.15, -0.1) is 0 Å². The van der Waals surface area contributed by atoms with Crippen LogP contribution < -0.4 is 9.83 Å². The van der Waals surface area contributed by atoms with E-state index in [-0.39, 0.29) is 22.1 Å². The van der Waals surface area contributed by atoms with E-state index in [0.29, 0.717) is 29.8 Å². The largest absolute Gasteiger partial charge is 0.545 e. The Morgan fingerprint density at radius 1 is 1.00 bits per heavy atom. The summed E-state index contributed by atoms with van der Waals surface area (Å²) >= 11 is 0. The van der Waals surface area contributed by atoms with Gasteiger partial charge in [0.15, 0.2) is 0 Å². The highest BCUT2D eigenvalue weighted by molar-refractivity contribution is 7.92. The topological polar surface area (TPSA) is 107 Å². The molecule has 28 heavy (non-hydrogen) atoms. The maximum Gasteiger partial charge on any atom is 0.262 e. The second kappa shape index (κ2) is 8.43. The van der Waals surface area contributed by atoms with E-state index in [1.807, 2.05) is 13.8 Å². The molecule has 150 valence electrons. The number of carboxylic acid groups (broad SMARTS) is 1. The van der Waals surface area contributed by atoms with Crippen molar-refractivity contribution in [2.45, 2.75) is 32.6 Å². The number of hydrogen-bond donors (Lipinski definition) is 1. The Balaban J connectivity index is 2.33. The number of nitrogens with zero attached hydrogens (tertiary/aromatic N) is 1. The molecule has 0 aliphatic carbocycles. The molecular formula is C20H23N2O5S-. The number of aromatic carboxylic acids is 1. The molecule has 0 aliphatic heterocycles. The summed E-state index contributed by atoms with van der Waals surface area (Å²) < 4.78 is 28.0. The summed E-state index contributed by atoms with van der Waals surface area (Å²) in [7, 11) is -4.02. The molecule has 1 amide bonds. The Morgan fingerprint density at radius 3 is 2.07 bits per heavy atom. The molecule has 2 aromatic rings.